The molecule has 1 rings (SSSR count). The summed E-state index contributed by atoms with van der Waals surface area (Å²) in [4.78, 5) is 0. The van der Waals surface area contributed by atoms with Crippen LogP contribution in [-0.4, -0.2) is 14.1 Å². The maximum atomic E-state index is 11.9. The molecule has 1 aromatic carbocycles. The van der Waals surface area contributed by atoms with Crippen molar-refractivity contribution < 1.29 is 69.1 Å². The first-order valence-electron chi connectivity index (χ1n) is 4.98. The molecule has 0 radical (unpaired) electrons. The van der Waals surface area contributed by atoms with Crippen LogP contribution in [0.25, 0.3) is 0 Å². The molecule has 1 aromatic rings. The average Bonchev–Trinajstić information content (AvgIpc) is 2.24. The maximum Gasteiger partial charge on any atom is 1.00 e. The van der Waals surface area contributed by atoms with E-state index in [9.17, 15) is 12.9 Å². The molecule has 17 heavy (non-hydrogen) atoms. The van der Waals surface area contributed by atoms with Gasteiger partial charge in [-0.05, 0) is 12.0 Å². The number of rotatable bonds is 5. The molecule has 0 aromatic heterocycles. The van der Waals surface area contributed by atoms with Gasteiger partial charge in [0.1, 0.15) is 0 Å². The van der Waals surface area contributed by atoms with Crippen LogP contribution in [0.1, 0.15) is 18.1 Å². The number of hydrogen-bond acceptors (Lipinski definition) is 1. The average molecular weight is 268 g/mol. The quantitative estimate of drug-likeness (QED) is 0.715. The third-order valence-electron chi connectivity index (χ3n) is 2.16. The van der Waals surface area contributed by atoms with Crippen LogP contribution in [0.5, 0.6) is 0 Å². The summed E-state index contributed by atoms with van der Waals surface area (Å²) in [5, 5.41) is 0. The molecule has 0 fully saturated rings. The number of methoxy groups -OCH3 is 1. The van der Waals surface area contributed by atoms with Crippen molar-refractivity contribution in [2.24, 2.45) is 0 Å². The van der Waals surface area contributed by atoms with E-state index in [0.717, 1.165) is 11.6 Å². The minimum Gasteiger partial charge on any atom is -0.445 e. The molecule has 0 aliphatic heterocycles. The Bertz CT molecular complexity index is 340. The first kappa shape index (κ1) is 17.4. The Balaban J connectivity index is 0.00000256. The van der Waals surface area contributed by atoms with Crippen LogP contribution in [0.3, 0.4) is 0 Å². The molecule has 1 atom stereocenters. The van der Waals surface area contributed by atoms with Crippen LogP contribution >= 0.6 is 0 Å². The topological polar surface area (TPSA) is 9.23 Å². The molecular weight excluding hydrogens is 255 g/mol. The van der Waals surface area contributed by atoms with Crippen LogP contribution in [0.2, 0.25) is 0 Å². The van der Waals surface area contributed by atoms with Crippen LogP contribution in [-0.2, 0) is 4.74 Å². The number of benzene rings is 1. The maximum absolute atomic E-state index is 11.9. The standard InChI is InChI=1S/C11H13BF3O.K/c1-16-11(8-5-9-12(13,14)15)10-6-3-2-4-7-10;/h2-7,9,11H,8H2,1H3;/q-1;+1/b9-5+;/t11-;/m1./s1. The molecule has 0 N–H and O–H groups in total. The van der Waals surface area contributed by atoms with Gasteiger partial charge in [0.05, 0.1) is 6.10 Å². The van der Waals surface area contributed by atoms with E-state index in [0.29, 0.717) is 5.98 Å². The van der Waals surface area contributed by atoms with Crippen LogP contribution in [0.15, 0.2) is 42.4 Å². The molecule has 6 heteroatoms. The Labute approximate surface area is 142 Å². The van der Waals surface area contributed by atoms with Gasteiger partial charge in [-0.25, -0.2) is 0 Å². The van der Waals surface area contributed by atoms with E-state index in [1.165, 1.54) is 7.11 Å². The second-order valence-corrected chi connectivity index (χ2v) is 3.42. The minimum atomic E-state index is -4.85. The van der Waals surface area contributed by atoms with Gasteiger partial charge < -0.3 is 17.7 Å². The monoisotopic (exact) mass is 268 g/mol. The summed E-state index contributed by atoms with van der Waals surface area (Å²) in [5.41, 5.74) is 0.879. The van der Waals surface area contributed by atoms with E-state index in [4.69, 9.17) is 4.74 Å². The Kier molecular flexibility index (Phi) is 8.71. The Morgan fingerprint density at radius 2 is 1.82 bits per heavy atom. The van der Waals surface area contributed by atoms with Crippen LogP contribution in [0.4, 0.5) is 12.9 Å². The van der Waals surface area contributed by atoms with Crippen LogP contribution in [0, 0.1) is 0 Å². The van der Waals surface area contributed by atoms with E-state index < -0.39 is 6.98 Å². The summed E-state index contributed by atoms with van der Waals surface area (Å²) in [7, 11) is 1.49. The summed E-state index contributed by atoms with van der Waals surface area (Å²) < 4.78 is 41.0. The molecule has 0 aliphatic rings. The predicted octanol–water partition coefficient (Wildman–Crippen LogP) is 0.711. The predicted molar refractivity (Wildman–Crippen MR) is 59.0 cm³/mol. The molecule has 0 aliphatic carbocycles. The second-order valence-electron chi connectivity index (χ2n) is 3.42. The second kappa shape index (κ2) is 8.50. The van der Waals surface area contributed by atoms with Crippen molar-refractivity contribution in [3.8, 4) is 0 Å². The minimum absolute atomic E-state index is 0. The van der Waals surface area contributed by atoms with Crippen molar-refractivity contribution in [2.75, 3.05) is 7.11 Å². The normalized spacial score (nSPS) is 13.4. The van der Waals surface area contributed by atoms with Gasteiger partial charge in [-0.1, -0.05) is 30.3 Å². The smallest absolute Gasteiger partial charge is 0.445 e. The number of halogens is 3. The van der Waals surface area contributed by atoms with Gasteiger partial charge in [0.25, 0.3) is 0 Å². The SMILES string of the molecule is CO[C@H](C/C=C/[B-](F)(F)F)c1ccccc1.[K+]. The zero-order chi connectivity index (χ0) is 12.0. The first-order valence-corrected chi connectivity index (χ1v) is 4.98. The van der Waals surface area contributed by atoms with Gasteiger partial charge in [-0.15, -0.1) is 12.1 Å². The Hall–Kier alpha value is 0.411. The molecule has 0 bridgehead atoms. The first-order chi connectivity index (χ1) is 7.53. The summed E-state index contributed by atoms with van der Waals surface area (Å²) in [6.07, 6.45) is 1.01. The molecule has 0 saturated carbocycles. The third-order valence-corrected chi connectivity index (χ3v) is 2.16. The van der Waals surface area contributed by atoms with E-state index in [1.807, 2.05) is 30.3 Å². The van der Waals surface area contributed by atoms with Gasteiger partial charge in [-0.2, -0.15) is 0 Å². The van der Waals surface area contributed by atoms with E-state index in [-0.39, 0.29) is 63.9 Å². The molecule has 0 unspecified atom stereocenters. The van der Waals surface area contributed by atoms with Gasteiger partial charge in [0.2, 0.25) is 0 Å². The fourth-order valence-corrected chi connectivity index (χ4v) is 1.39. The number of ether oxygens (including phenoxy) is 1. The largest absolute Gasteiger partial charge is 1.00 e. The van der Waals surface area contributed by atoms with Gasteiger partial charge in [0, 0.05) is 7.11 Å². The summed E-state index contributed by atoms with van der Waals surface area (Å²) >= 11 is 0. The van der Waals surface area contributed by atoms with Gasteiger partial charge in [0.15, 0.2) is 0 Å². The fourth-order valence-electron chi connectivity index (χ4n) is 1.39. The van der Waals surface area contributed by atoms with Crippen LogP contribution < -0.4 is 51.4 Å². The van der Waals surface area contributed by atoms with E-state index in [2.05, 4.69) is 0 Å². The Morgan fingerprint density at radius 3 is 2.29 bits per heavy atom. The molecule has 0 amide bonds. The summed E-state index contributed by atoms with van der Waals surface area (Å²) in [6.45, 7) is -4.85. The van der Waals surface area contributed by atoms with Crippen molar-refractivity contribution in [2.45, 2.75) is 12.5 Å². The van der Waals surface area contributed by atoms with Gasteiger partial charge >= 0.3 is 58.4 Å². The molecule has 0 saturated heterocycles. The summed E-state index contributed by atoms with van der Waals surface area (Å²) in [6, 6.07) is 9.18. The third kappa shape index (κ3) is 7.43. The molecule has 0 heterocycles. The molecular formula is C11H13BF3KO. The number of hydrogen-bond donors (Lipinski definition) is 0. The van der Waals surface area contributed by atoms with Crippen molar-refractivity contribution >= 4 is 6.98 Å². The van der Waals surface area contributed by atoms with Gasteiger partial charge in [-0.3, -0.25) is 0 Å². The zero-order valence-electron chi connectivity index (χ0n) is 9.95. The van der Waals surface area contributed by atoms with Crippen molar-refractivity contribution in [3.63, 3.8) is 0 Å². The summed E-state index contributed by atoms with van der Waals surface area (Å²) in [5.74, 6) is 0.301. The van der Waals surface area contributed by atoms with Crippen molar-refractivity contribution in [1.29, 1.82) is 0 Å². The van der Waals surface area contributed by atoms with E-state index in [1.54, 1.807) is 0 Å². The van der Waals surface area contributed by atoms with Crippen molar-refractivity contribution in [1.82, 2.24) is 0 Å². The molecule has 88 valence electrons. The molecule has 1 nitrogen and oxygen atoms in total. The zero-order valence-corrected chi connectivity index (χ0v) is 13.1. The molecule has 0 spiro atoms. The van der Waals surface area contributed by atoms with Crippen molar-refractivity contribution in [3.05, 3.63) is 47.9 Å². The Morgan fingerprint density at radius 1 is 1.24 bits per heavy atom. The fraction of sp³-hybridized carbons (Fsp3) is 0.273. The van der Waals surface area contributed by atoms with E-state index >= 15 is 0 Å².